The Bertz CT molecular complexity index is 997. The molecule has 0 fully saturated rings. The molecule has 1 N–H and O–H groups in total. The highest BCUT2D eigenvalue weighted by Crippen LogP contribution is 2.36. The number of hydrogen-bond donors (Lipinski definition) is 1. The van der Waals surface area contributed by atoms with Crippen LogP contribution in [-0.4, -0.2) is 33.7 Å². The predicted molar refractivity (Wildman–Crippen MR) is 105 cm³/mol. The van der Waals surface area contributed by atoms with Crippen LogP contribution in [0.15, 0.2) is 42.5 Å². The fourth-order valence-corrected chi connectivity index (χ4v) is 3.53. The molecule has 2 rings (SSSR count). The first-order valence-corrected chi connectivity index (χ1v) is 10.5. The van der Waals surface area contributed by atoms with E-state index < -0.39 is 39.9 Å². The molecule has 0 aromatic heterocycles. The zero-order valence-electron chi connectivity index (χ0n) is 15.5. The minimum atomic E-state index is -4.76. The molecule has 0 aliphatic carbocycles. The van der Waals surface area contributed by atoms with Crippen molar-refractivity contribution in [2.45, 2.75) is 13.1 Å². The molecule has 0 aliphatic heterocycles. The number of carbonyl (C=O) groups is 1. The standard InChI is InChI=1S/C18H18ClF3N2O4S/c1-3-28-16-7-5-4-6-15(16)24(29(2,26)27)11-17(25)23-14-9-8-12(19)10-13(14)18(20,21)22/h4-10H,3,11H2,1-2H3,(H,23,25). The Kier molecular flexibility index (Phi) is 7.02. The summed E-state index contributed by atoms with van der Waals surface area (Å²) in [6.45, 7) is 1.21. The van der Waals surface area contributed by atoms with Crippen molar-refractivity contribution >= 4 is 38.9 Å². The van der Waals surface area contributed by atoms with Gasteiger partial charge in [0.1, 0.15) is 12.3 Å². The lowest BCUT2D eigenvalue weighted by atomic mass is 10.1. The van der Waals surface area contributed by atoms with Crippen LogP contribution in [-0.2, 0) is 21.0 Å². The van der Waals surface area contributed by atoms with Crippen molar-refractivity contribution in [3.8, 4) is 5.75 Å². The van der Waals surface area contributed by atoms with Crippen molar-refractivity contribution in [2.24, 2.45) is 0 Å². The summed E-state index contributed by atoms with van der Waals surface area (Å²) in [5.74, 6) is -0.745. The van der Waals surface area contributed by atoms with Crippen LogP contribution in [0.1, 0.15) is 12.5 Å². The molecule has 0 heterocycles. The number of anilines is 2. The maximum Gasteiger partial charge on any atom is 0.418 e. The number of para-hydroxylation sites is 2. The van der Waals surface area contributed by atoms with Crippen LogP contribution in [0.2, 0.25) is 5.02 Å². The van der Waals surface area contributed by atoms with E-state index in [-0.39, 0.29) is 23.1 Å². The topological polar surface area (TPSA) is 75.7 Å². The SMILES string of the molecule is CCOc1ccccc1N(CC(=O)Nc1ccc(Cl)cc1C(F)(F)F)S(C)(=O)=O. The first-order chi connectivity index (χ1) is 13.4. The number of halogens is 4. The monoisotopic (exact) mass is 450 g/mol. The van der Waals surface area contributed by atoms with Crippen LogP contribution in [0.25, 0.3) is 0 Å². The van der Waals surface area contributed by atoms with Gasteiger partial charge in [-0.25, -0.2) is 8.42 Å². The van der Waals surface area contributed by atoms with E-state index in [0.29, 0.717) is 6.07 Å². The number of alkyl halides is 3. The van der Waals surface area contributed by atoms with E-state index in [2.05, 4.69) is 5.32 Å². The Balaban J connectivity index is 2.35. The predicted octanol–water partition coefficient (Wildman–Crippen LogP) is 4.16. The Labute approximate surface area is 171 Å². The molecule has 2 aromatic carbocycles. The van der Waals surface area contributed by atoms with Gasteiger partial charge in [0, 0.05) is 5.02 Å². The average molecular weight is 451 g/mol. The fraction of sp³-hybridized carbons (Fsp3) is 0.278. The van der Waals surface area contributed by atoms with Gasteiger partial charge in [-0.05, 0) is 37.3 Å². The second-order valence-electron chi connectivity index (χ2n) is 5.91. The first kappa shape index (κ1) is 22.8. The lowest BCUT2D eigenvalue weighted by Crippen LogP contribution is -2.38. The highest BCUT2D eigenvalue weighted by Gasteiger charge is 2.34. The van der Waals surface area contributed by atoms with E-state index in [1.165, 1.54) is 18.2 Å². The summed E-state index contributed by atoms with van der Waals surface area (Å²) in [6, 6.07) is 8.99. The van der Waals surface area contributed by atoms with Crippen LogP contribution in [0, 0.1) is 0 Å². The first-order valence-electron chi connectivity index (χ1n) is 8.29. The molecule has 0 spiro atoms. The Morgan fingerprint density at radius 2 is 1.86 bits per heavy atom. The number of amides is 1. The van der Waals surface area contributed by atoms with E-state index in [1.54, 1.807) is 19.1 Å². The quantitative estimate of drug-likeness (QED) is 0.687. The summed E-state index contributed by atoms with van der Waals surface area (Å²) >= 11 is 5.62. The molecule has 0 atom stereocenters. The molecule has 0 aliphatic rings. The van der Waals surface area contributed by atoms with Gasteiger partial charge in [0.25, 0.3) is 0 Å². The van der Waals surface area contributed by atoms with Crippen molar-refractivity contribution in [1.29, 1.82) is 0 Å². The number of nitrogens with one attached hydrogen (secondary N) is 1. The van der Waals surface area contributed by atoms with Crippen LogP contribution < -0.4 is 14.4 Å². The molecular formula is C18H18ClF3N2O4S. The summed E-state index contributed by atoms with van der Waals surface area (Å²) in [6.07, 6.45) is -3.88. The normalized spacial score (nSPS) is 11.8. The maximum atomic E-state index is 13.2. The summed E-state index contributed by atoms with van der Waals surface area (Å²) in [5.41, 5.74) is -1.57. The third kappa shape index (κ3) is 6.01. The van der Waals surface area contributed by atoms with Gasteiger partial charge in [0.2, 0.25) is 15.9 Å². The van der Waals surface area contributed by atoms with Crippen molar-refractivity contribution in [2.75, 3.05) is 29.0 Å². The highest BCUT2D eigenvalue weighted by atomic mass is 35.5. The van der Waals surface area contributed by atoms with Gasteiger partial charge >= 0.3 is 6.18 Å². The summed E-state index contributed by atoms with van der Waals surface area (Å²) in [5, 5.41) is 1.95. The average Bonchev–Trinajstić information content (AvgIpc) is 2.60. The number of sulfonamides is 1. The van der Waals surface area contributed by atoms with Crippen molar-refractivity contribution in [3.05, 3.63) is 53.1 Å². The summed E-state index contributed by atoms with van der Waals surface area (Å²) in [7, 11) is -3.94. The third-order valence-corrected chi connectivity index (χ3v) is 5.04. The van der Waals surface area contributed by atoms with E-state index in [4.69, 9.17) is 16.3 Å². The van der Waals surface area contributed by atoms with Gasteiger partial charge in [-0.3, -0.25) is 9.10 Å². The molecular weight excluding hydrogens is 433 g/mol. The second-order valence-corrected chi connectivity index (χ2v) is 8.25. The number of nitrogens with zero attached hydrogens (tertiary/aromatic N) is 1. The molecule has 158 valence electrons. The molecule has 29 heavy (non-hydrogen) atoms. The number of benzene rings is 2. The van der Waals surface area contributed by atoms with Gasteiger partial charge in [0.15, 0.2) is 0 Å². The zero-order valence-corrected chi connectivity index (χ0v) is 17.0. The second kappa shape index (κ2) is 8.91. The highest BCUT2D eigenvalue weighted by molar-refractivity contribution is 7.92. The minimum absolute atomic E-state index is 0.0964. The lowest BCUT2D eigenvalue weighted by Gasteiger charge is -2.24. The van der Waals surface area contributed by atoms with E-state index in [9.17, 15) is 26.4 Å². The van der Waals surface area contributed by atoms with E-state index in [0.717, 1.165) is 16.6 Å². The molecule has 0 saturated heterocycles. The number of carbonyl (C=O) groups excluding carboxylic acids is 1. The van der Waals surface area contributed by atoms with Crippen molar-refractivity contribution in [3.63, 3.8) is 0 Å². The maximum absolute atomic E-state index is 13.2. The number of rotatable bonds is 7. The van der Waals surface area contributed by atoms with E-state index >= 15 is 0 Å². The number of hydrogen-bond acceptors (Lipinski definition) is 4. The lowest BCUT2D eigenvalue weighted by molar-refractivity contribution is -0.137. The summed E-state index contributed by atoms with van der Waals surface area (Å²) in [4.78, 5) is 12.4. The smallest absolute Gasteiger partial charge is 0.418 e. The molecule has 0 radical (unpaired) electrons. The van der Waals surface area contributed by atoms with Gasteiger partial charge in [-0.2, -0.15) is 13.2 Å². The van der Waals surface area contributed by atoms with E-state index in [1.807, 2.05) is 0 Å². The Hall–Kier alpha value is -2.46. The van der Waals surface area contributed by atoms with Gasteiger partial charge in [-0.15, -0.1) is 0 Å². The van der Waals surface area contributed by atoms with Crippen LogP contribution >= 0.6 is 11.6 Å². The molecule has 1 amide bonds. The Morgan fingerprint density at radius 3 is 2.45 bits per heavy atom. The zero-order chi connectivity index (χ0) is 21.8. The summed E-state index contributed by atoms with van der Waals surface area (Å²) < 4.78 is 70.2. The van der Waals surface area contributed by atoms with Gasteiger partial charge in [-0.1, -0.05) is 23.7 Å². The van der Waals surface area contributed by atoms with Crippen molar-refractivity contribution < 1.29 is 31.1 Å². The van der Waals surface area contributed by atoms with Gasteiger partial charge < -0.3 is 10.1 Å². The minimum Gasteiger partial charge on any atom is -0.492 e. The third-order valence-electron chi connectivity index (χ3n) is 3.68. The molecule has 11 heteroatoms. The van der Waals surface area contributed by atoms with Crippen LogP contribution in [0.5, 0.6) is 5.75 Å². The molecule has 0 unspecified atom stereocenters. The van der Waals surface area contributed by atoms with Crippen molar-refractivity contribution in [1.82, 2.24) is 0 Å². The number of ether oxygens (including phenoxy) is 1. The fourth-order valence-electron chi connectivity index (χ4n) is 2.50. The largest absolute Gasteiger partial charge is 0.492 e. The van der Waals surface area contributed by atoms with Crippen LogP contribution in [0.3, 0.4) is 0 Å². The molecule has 0 bridgehead atoms. The molecule has 0 saturated carbocycles. The van der Waals surface area contributed by atoms with Gasteiger partial charge in [0.05, 0.1) is 29.8 Å². The molecule has 6 nitrogen and oxygen atoms in total. The van der Waals surface area contributed by atoms with Crippen LogP contribution in [0.4, 0.5) is 24.5 Å². The molecule has 2 aromatic rings. The Morgan fingerprint density at radius 1 is 1.21 bits per heavy atom.